The average molecular weight is 428 g/mol. The average Bonchev–Trinajstić information content (AvgIpc) is 3.51. The van der Waals surface area contributed by atoms with Crippen molar-refractivity contribution in [2.24, 2.45) is 0 Å². The third-order valence-electron chi connectivity index (χ3n) is 7.26. The van der Waals surface area contributed by atoms with Gasteiger partial charge in [-0.15, -0.1) is 0 Å². The van der Waals surface area contributed by atoms with E-state index in [9.17, 15) is 4.79 Å². The number of carbonyl (C=O) groups excluding carboxylic acids is 1. The summed E-state index contributed by atoms with van der Waals surface area (Å²) >= 11 is 0. The molecule has 8 nitrogen and oxygen atoms in total. The van der Waals surface area contributed by atoms with Gasteiger partial charge in [-0.05, 0) is 51.6 Å². The normalized spacial score (nSPS) is 21.9. The van der Waals surface area contributed by atoms with Crippen molar-refractivity contribution in [1.82, 2.24) is 25.5 Å². The van der Waals surface area contributed by atoms with E-state index >= 15 is 0 Å². The third-order valence-corrected chi connectivity index (χ3v) is 7.26. The van der Waals surface area contributed by atoms with Crippen LogP contribution in [0.25, 0.3) is 11.6 Å². The molecule has 2 aliphatic carbocycles. The van der Waals surface area contributed by atoms with E-state index in [4.69, 9.17) is 9.05 Å². The second-order valence-electron chi connectivity index (χ2n) is 9.35. The van der Waals surface area contributed by atoms with Crippen LogP contribution >= 0.6 is 0 Å². The van der Waals surface area contributed by atoms with Gasteiger partial charge < -0.3 is 19.3 Å². The van der Waals surface area contributed by atoms with Gasteiger partial charge in [-0.1, -0.05) is 48.8 Å². The van der Waals surface area contributed by atoms with E-state index in [1.807, 2.05) is 0 Å². The number of piperidine rings is 1. The first-order valence-corrected chi connectivity index (χ1v) is 12.1. The molecule has 1 N–H and O–H groups in total. The van der Waals surface area contributed by atoms with Crippen LogP contribution in [-0.2, 0) is 0 Å². The molecular formula is C23H33N5O3. The molecule has 3 heterocycles. The lowest BCUT2D eigenvalue weighted by Crippen LogP contribution is -2.48. The van der Waals surface area contributed by atoms with Gasteiger partial charge in [-0.2, -0.15) is 4.98 Å². The molecule has 1 aliphatic heterocycles. The highest BCUT2D eigenvalue weighted by Crippen LogP contribution is 2.32. The van der Waals surface area contributed by atoms with E-state index in [2.05, 4.69) is 25.5 Å². The van der Waals surface area contributed by atoms with Gasteiger partial charge in [0.1, 0.15) is 0 Å². The maximum absolute atomic E-state index is 13.6. The van der Waals surface area contributed by atoms with Crippen molar-refractivity contribution in [2.75, 3.05) is 13.1 Å². The predicted molar refractivity (Wildman–Crippen MR) is 115 cm³/mol. The topological polar surface area (TPSA) is 97.3 Å². The Hall–Kier alpha value is -2.22. The molecule has 0 atom stereocenters. The number of hydrogen-bond acceptors (Lipinski definition) is 7. The van der Waals surface area contributed by atoms with Gasteiger partial charge in [0, 0.05) is 24.1 Å². The maximum Gasteiger partial charge on any atom is 0.292 e. The maximum atomic E-state index is 13.6. The summed E-state index contributed by atoms with van der Waals surface area (Å²) in [4.78, 5) is 20.2. The first-order chi connectivity index (χ1) is 15.3. The molecule has 2 saturated carbocycles. The van der Waals surface area contributed by atoms with Crippen LogP contribution in [0.3, 0.4) is 0 Å². The van der Waals surface area contributed by atoms with Crippen LogP contribution in [0.4, 0.5) is 0 Å². The SMILES string of the molecule is O=C(c1cc(-c2nc(C3CCNCC3)no2)no1)N(C1CCCCC1)C1CCCCC1. The lowest BCUT2D eigenvalue weighted by atomic mass is 9.88. The second-order valence-corrected chi connectivity index (χ2v) is 9.35. The summed E-state index contributed by atoms with van der Waals surface area (Å²) in [7, 11) is 0. The van der Waals surface area contributed by atoms with E-state index in [0.29, 0.717) is 29.6 Å². The predicted octanol–water partition coefficient (Wildman–Crippen LogP) is 4.30. The number of hydrogen-bond donors (Lipinski definition) is 1. The molecule has 3 aliphatic rings. The standard InChI is InChI=1S/C23H33N5O3/c29-23(28(17-7-3-1-4-8-17)18-9-5-2-6-10-18)20-15-19(26-30-20)22-25-21(27-31-22)16-11-13-24-14-12-16/h15-18,24H,1-14H2. The van der Waals surface area contributed by atoms with E-state index in [1.54, 1.807) is 6.07 Å². The van der Waals surface area contributed by atoms with Crippen LogP contribution in [0.15, 0.2) is 15.1 Å². The van der Waals surface area contributed by atoms with Crippen molar-refractivity contribution in [3.05, 3.63) is 17.7 Å². The highest BCUT2D eigenvalue weighted by Gasteiger charge is 2.35. The molecule has 1 amide bonds. The summed E-state index contributed by atoms with van der Waals surface area (Å²) in [5, 5.41) is 11.6. The molecule has 0 aromatic carbocycles. The smallest absolute Gasteiger partial charge is 0.292 e. The van der Waals surface area contributed by atoms with Gasteiger partial charge in [0.15, 0.2) is 11.5 Å². The lowest BCUT2D eigenvalue weighted by Gasteiger charge is -2.41. The summed E-state index contributed by atoms with van der Waals surface area (Å²) in [5.41, 5.74) is 0.447. The lowest BCUT2D eigenvalue weighted by molar-refractivity contribution is 0.0409. The molecule has 0 radical (unpaired) electrons. The minimum Gasteiger partial charge on any atom is -0.350 e. The summed E-state index contributed by atoms with van der Waals surface area (Å²) in [5.74, 6) is 1.61. The molecular weight excluding hydrogens is 394 g/mol. The largest absolute Gasteiger partial charge is 0.350 e. The molecule has 5 rings (SSSR count). The summed E-state index contributed by atoms with van der Waals surface area (Å²) in [6, 6.07) is 2.31. The van der Waals surface area contributed by atoms with Crippen LogP contribution in [0.2, 0.25) is 0 Å². The Bertz CT molecular complexity index is 842. The molecule has 3 fully saturated rings. The Morgan fingerprint density at radius 3 is 2.16 bits per heavy atom. The fourth-order valence-electron chi connectivity index (χ4n) is 5.54. The summed E-state index contributed by atoms with van der Waals surface area (Å²) in [6.45, 7) is 1.94. The van der Waals surface area contributed by atoms with E-state index in [0.717, 1.165) is 57.4 Å². The van der Waals surface area contributed by atoms with E-state index < -0.39 is 0 Å². The van der Waals surface area contributed by atoms with Crippen molar-refractivity contribution >= 4 is 5.91 Å². The van der Waals surface area contributed by atoms with Gasteiger partial charge in [0.25, 0.3) is 11.8 Å². The zero-order chi connectivity index (χ0) is 21.0. The van der Waals surface area contributed by atoms with Crippen molar-refractivity contribution in [1.29, 1.82) is 0 Å². The molecule has 168 valence electrons. The Labute approximate surface area is 183 Å². The van der Waals surface area contributed by atoms with Crippen molar-refractivity contribution < 1.29 is 13.8 Å². The zero-order valence-corrected chi connectivity index (χ0v) is 18.2. The molecule has 0 bridgehead atoms. The van der Waals surface area contributed by atoms with Gasteiger partial charge in [-0.25, -0.2) is 0 Å². The molecule has 0 spiro atoms. The fraction of sp³-hybridized carbons (Fsp3) is 0.739. The highest BCUT2D eigenvalue weighted by atomic mass is 16.5. The molecule has 0 unspecified atom stereocenters. The van der Waals surface area contributed by atoms with E-state index in [-0.39, 0.29) is 11.7 Å². The van der Waals surface area contributed by atoms with Crippen LogP contribution < -0.4 is 5.32 Å². The highest BCUT2D eigenvalue weighted by molar-refractivity contribution is 5.92. The van der Waals surface area contributed by atoms with Crippen LogP contribution in [0.5, 0.6) is 0 Å². The Balaban J connectivity index is 1.34. The zero-order valence-electron chi connectivity index (χ0n) is 18.2. The number of aromatic nitrogens is 3. The van der Waals surface area contributed by atoms with Gasteiger partial charge in [-0.3, -0.25) is 4.79 Å². The van der Waals surface area contributed by atoms with Crippen molar-refractivity contribution in [3.63, 3.8) is 0 Å². The first kappa shape index (κ1) is 20.7. The van der Waals surface area contributed by atoms with Gasteiger partial charge in [0.05, 0.1) is 0 Å². The number of carbonyl (C=O) groups is 1. The molecule has 2 aromatic heterocycles. The van der Waals surface area contributed by atoms with Crippen LogP contribution in [0.1, 0.15) is 99.3 Å². The monoisotopic (exact) mass is 427 g/mol. The fourth-order valence-corrected chi connectivity index (χ4v) is 5.54. The van der Waals surface area contributed by atoms with Crippen LogP contribution in [0, 0.1) is 0 Å². The Morgan fingerprint density at radius 2 is 1.52 bits per heavy atom. The number of amides is 1. The van der Waals surface area contributed by atoms with Crippen molar-refractivity contribution in [2.45, 2.75) is 95.1 Å². The van der Waals surface area contributed by atoms with Gasteiger partial charge in [0.2, 0.25) is 5.76 Å². The first-order valence-electron chi connectivity index (χ1n) is 12.1. The van der Waals surface area contributed by atoms with E-state index in [1.165, 1.54) is 38.5 Å². The Morgan fingerprint density at radius 1 is 0.871 bits per heavy atom. The number of nitrogens with one attached hydrogen (secondary N) is 1. The van der Waals surface area contributed by atoms with Crippen molar-refractivity contribution in [3.8, 4) is 11.6 Å². The second kappa shape index (κ2) is 9.51. The molecule has 8 heteroatoms. The molecule has 1 saturated heterocycles. The summed E-state index contributed by atoms with van der Waals surface area (Å²) < 4.78 is 11.0. The van der Waals surface area contributed by atoms with Gasteiger partial charge >= 0.3 is 0 Å². The number of rotatable bonds is 5. The quantitative estimate of drug-likeness (QED) is 0.760. The Kier molecular flexibility index (Phi) is 6.34. The van der Waals surface area contributed by atoms with Crippen LogP contribution in [-0.4, -0.2) is 51.3 Å². The third kappa shape index (κ3) is 4.54. The molecule has 2 aromatic rings. The minimum atomic E-state index is -0.0318. The summed E-state index contributed by atoms with van der Waals surface area (Å²) in [6.07, 6.45) is 13.7. The minimum absolute atomic E-state index is 0.0318. The molecule has 31 heavy (non-hydrogen) atoms. The number of nitrogens with zero attached hydrogens (tertiary/aromatic N) is 4.